The fourth-order valence-corrected chi connectivity index (χ4v) is 7.72. The molecule has 5 heteroatoms. The van der Waals surface area contributed by atoms with Crippen LogP contribution in [-0.4, -0.2) is 33.5 Å². The van der Waals surface area contributed by atoms with E-state index in [9.17, 15) is 0 Å². The van der Waals surface area contributed by atoms with Gasteiger partial charge in [-0.15, -0.1) is 0 Å². The van der Waals surface area contributed by atoms with Gasteiger partial charge in [0, 0.05) is 12.4 Å². The molecule has 6 aromatic rings. The molecule has 6 rings (SSSR count). The largest absolute Gasteiger partial charge is 0.494 e. The molecule has 0 aliphatic rings. The Bertz CT molecular complexity index is 1530. The Hall–Kier alpha value is -4.61. The number of nitrogens with zero attached hydrogens (tertiary/aromatic N) is 2. The van der Waals surface area contributed by atoms with Gasteiger partial charge in [-0.2, -0.15) is 0 Å². The van der Waals surface area contributed by atoms with Crippen molar-refractivity contribution in [2.75, 3.05) is 6.61 Å². The van der Waals surface area contributed by atoms with E-state index in [1.54, 1.807) is 0 Å². The van der Waals surface area contributed by atoms with Gasteiger partial charge in [-0.1, -0.05) is 146 Å². The highest BCUT2D eigenvalue weighted by molar-refractivity contribution is 6.57. The van der Waals surface area contributed by atoms with E-state index < -0.39 is 9.52 Å². The van der Waals surface area contributed by atoms with E-state index in [-0.39, 0.29) is 11.0 Å². The minimum absolute atomic E-state index is 0.0163. The fourth-order valence-electron chi connectivity index (χ4n) is 5.40. The predicted octanol–water partition coefficient (Wildman–Crippen LogP) is 6.86. The lowest BCUT2D eigenvalue weighted by molar-refractivity contribution is 0.317. The maximum Gasteiger partial charge on any atom is 0.119 e. The highest BCUT2D eigenvalue weighted by Gasteiger charge is 2.36. The smallest absolute Gasteiger partial charge is 0.119 e. The minimum Gasteiger partial charge on any atom is -0.494 e. The van der Waals surface area contributed by atoms with Crippen LogP contribution in [0.2, 0.25) is 0 Å². The number of aromatic nitrogens is 2. The van der Waals surface area contributed by atoms with E-state index in [0.717, 1.165) is 29.9 Å². The van der Waals surface area contributed by atoms with Crippen LogP contribution in [0, 0.1) is 0 Å². The van der Waals surface area contributed by atoms with Gasteiger partial charge >= 0.3 is 0 Å². The summed E-state index contributed by atoms with van der Waals surface area (Å²) in [5.41, 5.74) is 4.89. The summed E-state index contributed by atoms with van der Waals surface area (Å²) in [6.07, 6.45) is 6.93. The van der Waals surface area contributed by atoms with Crippen molar-refractivity contribution in [3.05, 3.63) is 187 Å². The van der Waals surface area contributed by atoms with Crippen molar-refractivity contribution in [1.82, 2.24) is 9.55 Å². The van der Waals surface area contributed by atoms with Crippen LogP contribution < -0.4 is 9.92 Å². The quantitative estimate of drug-likeness (QED) is 0.167. The number of benzene rings is 5. The van der Waals surface area contributed by atoms with E-state index in [1.807, 2.05) is 48.9 Å². The first-order valence-corrected chi connectivity index (χ1v) is 16.3. The molecule has 0 saturated carbocycles. The number of imidazole rings is 1. The normalized spacial score (nSPS) is 11.3. The zero-order valence-electron chi connectivity index (χ0n) is 24.7. The van der Waals surface area contributed by atoms with Crippen LogP contribution in [0.4, 0.5) is 0 Å². The van der Waals surface area contributed by atoms with Gasteiger partial charge in [-0.25, -0.2) is 4.98 Å². The molecule has 0 bridgehead atoms. The summed E-state index contributed by atoms with van der Waals surface area (Å²) in [7, 11) is 5.28. The monoisotopic (exact) mass is 576 g/mol. The lowest BCUT2D eigenvalue weighted by atomic mass is 9.76. The third kappa shape index (κ3) is 7.43. The molecular weight excluding hydrogens is 539 g/mol. The molecule has 0 unspecified atom stereocenters. The molecule has 0 spiro atoms. The molecule has 2 radical (unpaired) electrons. The van der Waals surface area contributed by atoms with Gasteiger partial charge in [0.05, 0.1) is 35.5 Å². The van der Waals surface area contributed by atoms with Crippen molar-refractivity contribution >= 4 is 22.6 Å². The molecule has 0 aliphatic heterocycles. The van der Waals surface area contributed by atoms with Gasteiger partial charge in [0.2, 0.25) is 0 Å². The molecule has 5 aromatic carbocycles. The SMILES string of the molecule is CCCOc1ccc([SiH2]C(c2ccccc2)(c2ccccc2)n2ccnc2)cc1.[B]C(c1ccccc1)c1ccccc1. The first-order chi connectivity index (χ1) is 21.2. The third-order valence-electron chi connectivity index (χ3n) is 7.62. The van der Waals surface area contributed by atoms with Gasteiger partial charge in [0.1, 0.15) is 5.75 Å². The molecule has 1 aromatic heterocycles. The van der Waals surface area contributed by atoms with Gasteiger partial charge in [0.15, 0.2) is 0 Å². The topological polar surface area (TPSA) is 27.1 Å². The van der Waals surface area contributed by atoms with Crippen molar-refractivity contribution in [2.45, 2.75) is 24.3 Å². The maximum absolute atomic E-state index is 6.12. The summed E-state index contributed by atoms with van der Waals surface area (Å²) in [6, 6.07) is 50.5. The van der Waals surface area contributed by atoms with Crippen molar-refractivity contribution in [1.29, 1.82) is 0 Å². The minimum atomic E-state index is -0.838. The molecular formula is C38H37BN2OSi. The van der Waals surface area contributed by atoms with E-state index >= 15 is 0 Å². The molecule has 1 heterocycles. The van der Waals surface area contributed by atoms with Crippen LogP contribution in [0.15, 0.2) is 164 Å². The second kappa shape index (κ2) is 15.0. The van der Waals surface area contributed by atoms with E-state index in [2.05, 4.69) is 132 Å². The van der Waals surface area contributed by atoms with Crippen molar-refractivity contribution in [3.8, 4) is 5.75 Å². The molecule has 0 atom stereocenters. The Morgan fingerprint density at radius 2 is 1.19 bits per heavy atom. The summed E-state index contributed by atoms with van der Waals surface area (Å²) in [5, 5.41) is 1.14. The predicted molar refractivity (Wildman–Crippen MR) is 182 cm³/mol. The first kappa shape index (κ1) is 29.9. The van der Waals surface area contributed by atoms with E-state index in [4.69, 9.17) is 12.6 Å². The number of hydrogen-bond acceptors (Lipinski definition) is 2. The lowest BCUT2D eigenvalue weighted by Gasteiger charge is -2.37. The van der Waals surface area contributed by atoms with Crippen molar-refractivity contribution < 1.29 is 4.74 Å². The molecule has 3 nitrogen and oxygen atoms in total. The van der Waals surface area contributed by atoms with Gasteiger partial charge in [-0.05, 0) is 46.6 Å². The zero-order valence-corrected chi connectivity index (χ0v) is 26.1. The average Bonchev–Trinajstić information content (AvgIpc) is 3.64. The molecule has 0 N–H and O–H groups in total. The van der Waals surface area contributed by atoms with Crippen LogP contribution in [0.5, 0.6) is 5.75 Å². The zero-order chi connectivity index (χ0) is 29.7. The Morgan fingerprint density at radius 3 is 1.63 bits per heavy atom. The molecule has 0 saturated heterocycles. The lowest BCUT2D eigenvalue weighted by Crippen LogP contribution is -2.46. The standard InChI is InChI=1S/C25H26N2OSi.C13H11B/c1-2-19-28-23-13-15-24(16-14-23)29-25(27-18-17-26-20-27,21-9-5-3-6-10-21)22-11-7-4-8-12-22;14-13(11-7-3-1-4-8-11)12-9-5-2-6-10-12/h3-18,20H,2,19,29H2,1H3;1-10,13H. The first-order valence-electron chi connectivity index (χ1n) is 14.9. The number of rotatable bonds is 10. The molecule has 0 fully saturated rings. The van der Waals surface area contributed by atoms with Crippen LogP contribution >= 0.6 is 0 Å². The van der Waals surface area contributed by atoms with Crippen LogP contribution in [0.25, 0.3) is 0 Å². The van der Waals surface area contributed by atoms with Crippen LogP contribution in [0.1, 0.15) is 41.4 Å². The Balaban J connectivity index is 0.000000220. The van der Waals surface area contributed by atoms with Crippen molar-refractivity contribution in [2.24, 2.45) is 0 Å². The number of ether oxygens (including phenoxy) is 1. The highest BCUT2D eigenvalue weighted by atomic mass is 28.2. The van der Waals surface area contributed by atoms with Crippen LogP contribution in [-0.2, 0) is 5.16 Å². The molecule has 0 aliphatic carbocycles. The Kier molecular flexibility index (Phi) is 10.4. The number of hydrogen-bond donors (Lipinski definition) is 0. The summed E-state index contributed by atoms with van der Waals surface area (Å²) < 4.78 is 8.07. The third-order valence-corrected chi connectivity index (χ3v) is 10.2. The summed E-state index contributed by atoms with van der Waals surface area (Å²) in [5.74, 6) is 0.926. The Labute approximate surface area is 259 Å². The summed E-state index contributed by atoms with van der Waals surface area (Å²) in [4.78, 5) is 4.39. The summed E-state index contributed by atoms with van der Waals surface area (Å²) >= 11 is 0. The van der Waals surface area contributed by atoms with E-state index in [1.165, 1.54) is 16.3 Å². The van der Waals surface area contributed by atoms with Crippen LogP contribution in [0.3, 0.4) is 0 Å². The highest BCUT2D eigenvalue weighted by Crippen LogP contribution is 2.33. The molecule has 212 valence electrons. The fraction of sp³-hybridized carbons (Fsp3) is 0.132. The van der Waals surface area contributed by atoms with Gasteiger partial charge < -0.3 is 9.30 Å². The van der Waals surface area contributed by atoms with Crippen molar-refractivity contribution in [3.63, 3.8) is 0 Å². The molecule has 0 amide bonds. The van der Waals surface area contributed by atoms with Gasteiger partial charge in [0.25, 0.3) is 0 Å². The van der Waals surface area contributed by atoms with E-state index in [0.29, 0.717) is 0 Å². The average molecular weight is 577 g/mol. The molecule has 43 heavy (non-hydrogen) atoms. The summed E-state index contributed by atoms with van der Waals surface area (Å²) in [6.45, 7) is 2.88. The second-order valence-corrected chi connectivity index (χ2v) is 12.7. The second-order valence-electron chi connectivity index (χ2n) is 10.5. The maximum atomic E-state index is 6.12. The Morgan fingerprint density at radius 1 is 0.698 bits per heavy atom. The van der Waals surface area contributed by atoms with Gasteiger partial charge in [-0.3, -0.25) is 0 Å².